The number of rotatable bonds is 4. The summed E-state index contributed by atoms with van der Waals surface area (Å²) in [7, 11) is 0. The van der Waals surface area contributed by atoms with Crippen molar-refractivity contribution >= 4 is 70.5 Å². The highest BCUT2D eigenvalue weighted by Crippen LogP contribution is 2.38. The van der Waals surface area contributed by atoms with E-state index in [-0.39, 0.29) is 45.7 Å². The van der Waals surface area contributed by atoms with E-state index in [9.17, 15) is 9.59 Å². The summed E-state index contributed by atoms with van der Waals surface area (Å²) in [5, 5.41) is 0.0172. The first-order valence-corrected chi connectivity index (χ1v) is 9.84. The number of hydrogen-bond acceptors (Lipinski definition) is 4. The molecule has 0 radical (unpaired) electrons. The maximum Gasteiger partial charge on any atom is 0.308 e. The lowest BCUT2D eigenvalue weighted by Crippen LogP contribution is -2.07. The second kappa shape index (κ2) is 7.66. The maximum atomic E-state index is 13.5. The third kappa shape index (κ3) is 3.66. The van der Waals surface area contributed by atoms with Crippen LogP contribution >= 0.6 is 47.8 Å². The lowest BCUT2D eigenvalue weighted by atomic mass is 9.99. The average molecular weight is 549 g/mol. The largest absolute Gasteiger partial charge is 0.459 e. The predicted molar refractivity (Wildman–Crippen MR) is 110 cm³/mol. The van der Waals surface area contributed by atoms with E-state index in [1.807, 2.05) is 0 Å². The van der Waals surface area contributed by atoms with Crippen molar-refractivity contribution in [3.63, 3.8) is 0 Å². The minimum Gasteiger partial charge on any atom is -0.459 e. The normalized spacial score (nSPS) is 14.3. The van der Waals surface area contributed by atoms with Crippen molar-refractivity contribution in [3.8, 4) is 5.75 Å². The number of halogens is 3. The van der Waals surface area contributed by atoms with Crippen LogP contribution in [0.3, 0.4) is 0 Å². The smallest absolute Gasteiger partial charge is 0.308 e. The molecule has 0 aliphatic heterocycles. The van der Waals surface area contributed by atoms with Gasteiger partial charge in [0, 0.05) is 17.9 Å². The molecule has 0 saturated heterocycles. The Labute approximate surface area is 180 Å². The predicted octanol–water partition coefficient (Wildman–Crippen LogP) is 6.57. The number of carbonyl (C=O) groups excluding carboxylic acids is 2. The van der Waals surface area contributed by atoms with Crippen LogP contribution < -0.4 is 4.74 Å². The Morgan fingerprint density at radius 2 is 1.81 bits per heavy atom. The highest BCUT2D eigenvalue weighted by molar-refractivity contribution is 9.11. The van der Waals surface area contributed by atoms with Gasteiger partial charge in [0.05, 0.1) is 24.8 Å². The van der Waals surface area contributed by atoms with Crippen LogP contribution in [0.2, 0.25) is 0 Å². The van der Waals surface area contributed by atoms with Crippen molar-refractivity contribution in [2.45, 2.75) is 18.7 Å². The van der Waals surface area contributed by atoms with E-state index in [2.05, 4.69) is 47.8 Å². The summed E-state index contributed by atoms with van der Waals surface area (Å²) < 4.78 is 43.8. The number of furan rings is 1. The van der Waals surface area contributed by atoms with Gasteiger partial charge in [-0.15, -0.1) is 0 Å². The number of ether oxygens (including phenoxy) is 1. The molecule has 0 bridgehead atoms. The fourth-order valence-corrected chi connectivity index (χ4v) is 4.09. The summed E-state index contributed by atoms with van der Waals surface area (Å²) in [4.78, 5) is 24.3. The van der Waals surface area contributed by atoms with E-state index in [4.69, 9.17) is 14.6 Å². The standard InChI is InChI=1S/C19H13Br3O4/c1-9(20)18-16(12-5-3-4-6-15(12)26-18)17(24)11-7-13(21)19(14(22)8-11)25-10(2)23/h3-9H,1-2H3/i3D,4D,5D,6D. The van der Waals surface area contributed by atoms with Gasteiger partial charge in [-0.2, -0.15) is 0 Å². The van der Waals surface area contributed by atoms with Gasteiger partial charge < -0.3 is 9.15 Å². The molecule has 134 valence electrons. The number of benzene rings is 2. The summed E-state index contributed by atoms with van der Waals surface area (Å²) >= 11 is 9.95. The number of carbonyl (C=O) groups is 2. The zero-order valence-corrected chi connectivity index (χ0v) is 18.3. The van der Waals surface area contributed by atoms with Gasteiger partial charge in [-0.3, -0.25) is 9.59 Å². The lowest BCUT2D eigenvalue weighted by Gasteiger charge is -2.10. The van der Waals surface area contributed by atoms with Crippen molar-refractivity contribution in [2.75, 3.05) is 0 Å². The van der Waals surface area contributed by atoms with Gasteiger partial charge in [0.1, 0.15) is 11.3 Å². The molecule has 26 heavy (non-hydrogen) atoms. The number of esters is 1. The first-order valence-electron chi connectivity index (χ1n) is 9.34. The molecule has 0 N–H and O–H groups in total. The van der Waals surface area contributed by atoms with Crippen LogP contribution in [0.1, 0.15) is 45.8 Å². The van der Waals surface area contributed by atoms with E-state index in [0.29, 0.717) is 8.95 Å². The Bertz CT molecular complexity index is 1200. The molecule has 0 aliphatic rings. The molecule has 4 nitrogen and oxygen atoms in total. The van der Waals surface area contributed by atoms with Gasteiger partial charge in [0.15, 0.2) is 11.5 Å². The molecule has 0 spiro atoms. The molecule has 1 heterocycles. The van der Waals surface area contributed by atoms with E-state index in [0.717, 1.165) is 0 Å². The Morgan fingerprint density at radius 3 is 2.38 bits per heavy atom. The van der Waals surface area contributed by atoms with Crippen molar-refractivity contribution in [1.29, 1.82) is 0 Å². The highest BCUT2D eigenvalue weighted by atomic mass is 79.9. The number of fused-ring (bicyclic) bond motifs is 1. The minimum atomic E-state index is -0.525. The van der Waals surface area contributed by atoms with Gasteiger partial charge in [-0.25, -0.2) is 0 Å². The second-order valence-electron chi connectivity index (χ2n) is 5.35. The summed E-state index contributed by atoms with van der Waals surface area (Å²) in [6.45, 7) is 2.98. The molecule has 1 unspecified atom stereocenters. The average Bonchev–Trinajstić information content (AvgIpc) is 3.07. The lowest BCUT2D eigenvalue weighted by molar-refractivity contribution is -0.131. The van der Waals surface area contributed by atoms with E-state index in [1.165, 1.54) is 19.1 Å². The van der Waals surface area contributed by atoms with Crippen molar-refractivity contribution in [3.05, 3.63) is 62.1 Å². The number of ketones is 1. The number of hydrogen-bond donors (Lipinski definition) is 0. The third-order valence-electron chi connectivity index (χ3n) is 3.46. The van der Waals surface area contributed by atoms with E-state index in [1.54, 1.807) is 6.92 Å². The Hall–Kier alpha value is -1.44. The van der Waals surface area contributed by atoms with Crippen LogP contribution in [0.15, 0.2) is 49.7 Å². The third-order valence-corrected chi connectivity index (χ3v) is 5.05. The van der Waals surface area contributed by atoms with Crippen molar-refractivity contribution in [2.24, 2.45) is 0 Å². The minimum absolute atomic E-state index is 0.0172. The summed E-state index contributed by atoms with van der Waals surface area (Å²) in [5.41, 5.74) is 0.162. The van der Waals surface area contributed by atoms with Crippen LogP contribution in [0.4, 0.5) is 0 Å². The van der Waals surface area contributed by atoms with E-state index < -0.39 is 28.7 Å². The zero-order chi connectivity index (χ0) is 22.5. The first kappa shape index (κ1) is 14.6. The molecule has 7 heteroatoms. The van der Waals surface area contributed by atoms with Crippen molar-refractivity contribution < 1.29 is 24.2 Å². The van der Waals surface area contributed by atoms with E-state index >= 15 is 0 Å². The monoisotopic (exact) mass is 546 g/mol. The SMILES string of the molecule is [2H]c1c([2H])c([2H])c2c(C(=O)c3cc(Br)c(OC(C)=O)c(Br)c3)c(C(C)Br)oc2c1[2H]. The van der Waals surface area contributed by atoms with Crippen LogP contribution in [0, 0.1) is 0 Å². The summed E-state index contributed by atoms with van der Waals surface area (Å²) in [6.07, 6.45) is 0. The van der Waals surface area contributed by atoms with Crippen LogP contribution in [-0.4, -0.2) is 11.8 Å². The number of para-hydroxylation sites is 1. The Morgan fingerprint density at radius 1 is 1.19 bits per heavy atom. The topological polar surface area (TPSA) is 56.5 Å². The molecule has 0 fully saturated rings. The van der Waals surface area contributed by atoms with Gasteiger partial charge in [-0.05, 0) is 57.0 Å². The zero-order valence-electron chi connectivity index (χ0n) is 17.5. The molecular formula is C19H13Br3O4. The fraction of sp³-hybridized carbons (Fsp3) is 0.158. The molecule has 1 atom stereocenters. The fourth-order valence-electron chi connectivity index (χ4n) is 2.42. The number of alkyl halides is 1. The molecule has 1 aromatic heterocycles. The molecule has 2 aromatic carbocycles. The summed E-state index contributed by atoms with van der Waals surface area (Å²) in [5.74, 6) is -0.621. The van der Waals surface area contributed by atoms with Crippen LogP contribution in [0.5, 0.6) is 5.75 Å². The van der Waals surface area contributed by atoms with Gasteiger partial charge in [-0.1, -0.05) is 34.1 Å². The van der Waals surface area contributed by atoms with Crippen molar-refractivity contribution in [1.82, 2.24) is 0 Å². The van der Waals surface area contributed by atoms with Crippen LogP contribution in [0.25, 0.3) is 11.0 Å². The van der Waals surface area contributed by atoms with Gasteiger partial charge >= 0.3 is 5.97 Å². The van der Waals surface area contributed by atoms with Gasteiger partial charge in [0.2, 0.25) is 0 Å². The van der Waals surface area contributed by atoms with Gasteiger partial charge in [0.25, 0.3) is 0 Å². The first-order chi connectivity index (χ1) is 14.0. The quantitative estimate of drug-likeness (QED) is 0.160. The molecular weight excluding hydrogens is 532 g/mol. The molecule has 0 aliphatic carbocycles. The molecule has 0 saturated carbocycles. The molecule has 3 aromatic rings. The summed E-state index contributed by atoms with van der Waals surface area (Å²) in [6, 6.07) is 1.34. The Balaban J connectivity index is 2.30. The molecule has 3 rings (SSSR count). The maximum absolute atomic E-state index is 13.5. The Kier molecular flexibility index (Phi) is 4.30. The van der Waals surface area contributed by atoms with Crippen LogP contribution in [-0.2, 0) is 4.79 Å². The molecule has 0 amide bonds. The second-order valence-corrected chi connectivity index (χ2v) is 8.44. The highest BCUT2D eigenvalue weighted by Gasteiger charge is 2.25.